The molecule has 0 radical (unpaired) electrons. The van der Waals surface area contributed by atoms with Crippen LogP contribution in [0, 0.1) is 0 Å². The van der Waals surface area contributed by atoms with E-state index in [9.17, 15) is 13.2 Å². The third kappa shape index (κ3) is 4.74. The van der Waals surface area contributed by atoms with Gasteiger partial charge in [0.2, 0.25) is 5.91 Å². The van der Waals surface area contributed by atoms with Crippen molar-refractivity contribution in [2.75, 3.05) is 18.6 Å². The maximum Gasteiger partial charge on any atom is 0.240 e. The molecule has 0 aromatic rings. The molecule has 1 aliphatic rings. The van der Waals surface area contributed by atoms with Gasteiger partial charge >= 0.3 is 0 Å². The second-order valence-corrected chi connectivity index (χ2v) is 7.12. The number of rotatable bonds is 5. The molecule has 0 spiro atoms. The summed E-state index contributed by atoms with van der Waals surface area (Å²) in [6.45, 7) is 4.54. The molecule has 1 heterocycles. The predicted molar refractivity (Wildman–Crippen MR) is 74.8 cm³/mol. The third-order valence-corrected chi connectivity index (χ3v) is 4.32. The lowest BCUT2D eigenvalue weighted by Crippen LogP contribution is -2.55. The van der Waals surface area contributed by atoms with E-state index in [1.807, 2.05) is 6.92 Å². The molecule has 18 heavy (non-hydrogen) atoms. The van der Waals surface area contributed by atoms with Crippen LogP contribution in [0.15, 0.2) is 0 Å². The molecular formula is C11H23ClN2O3S. The molecule has 0 aromatic carbocycles. The number of carbonyl (C=O) groups excluding carboxylic acids is 1. The van der Waals surface area contributed by atoms with Gasteiger partial charge in [0.25, 0.3) is 0 Å². The van der Waals surface area contributed by atoms with E-state index in [1.165, 1.54) is 6.26 Å². The topological polar surface area (TPSA) is 75.3 Å². The van der Waals surface area contributed by atoms with Crippen LogP contribution in [-0.2, 0) is 14.6 Å². The van der Waals surface area contributed by atoms with Crippen LogP contribution in [0.5, 0.6) is 0 Å². The van der Waals surface area contributed by atoms with E-state index < -0.39 is 15.4 Å². The minimum Gasteiger partial charge on any atom is -0.351 e. The maximum atomic E-state index is 12.1. The lowest BCUT2D eigenvalue weighted by Gasteiger charge is -2.28. The van der Waals surface area contributed by atoms with Crippen molar-refractivity contribution in [3.05, 3.63) is 0 Å². The van der Waals surface area contributed by atoms with Gasteiger partial charge in [-0.3, -0.25) is 4.79 Å². The van der Waals surface area contributed by atoms with E-state index in [2.05, 4.69) is 10.6 Å². The second kappa shape index (κ2) is 6.73. The van der Waals surface area contributed by atoms with E-state index >= 15 is 0 Å². The number of sulfone groups is 1. The van der Waals surface area contributed by atoms with Gasteiger partial charge in [-0.1, -0.05) is 6.92 Å². The Balaban J connectivity index is 0.00000289. The Morgan fingerprint density at radius 1 is 1.50 bits per heavy atom. The van der Waals surface area contributed by atoms with Crippen LogP contribution in [0.3, 0.4) is 0 Å². The molecule has 108 valence electrons. The number of hydrogen-bond donors (Lipinski definition) is 2. The Labute approximate surface area is 115 Å². The van der Waals surface area contributed by atoms with E-state index in [0.717, 1.165) is 25.8 Å². The first-order chi connectivity index (χ1) is 7.79. The summed E-state index contributed by atoms with van der Waals surface area (Å²) >= 11 is 0. The molecule has 1 amide bonds. The lowest BCUT2D eigenvalue weighted by atomic mass is 9.93. The Bertz CT molecular complexity index is 378. The van der Waals surface area contributed by atoms with Crippen LogP contribution < -0.4 is 10.6 Å². The van der Waals surface area contributed by atoms with Crippen molar-refractivity contribution in [1.29, 1.82) is 0 Å². The molecule has 5 nitrogen and oxygen atoms in total. The highest BCUT2D eigenvalue weighted by Gasteiger charge is 2.39. The van der Waals surface area contributed by atoms with Gasteiger partial charge in [-0.2, -0.15) is 0 Å². The Morgan fingerprint density at radius 3 is 2.50 bits per heavy atom. The summed E-state index contributed by atoms with van der Waals surface area (Å²) in [7, 11) is -3.05. The number of halogens is 1. The minimum absolute atomic E-state index is 0. The highest BCUT2D eigenvalue weighted by molar-refractivity contribution is 7.90. The maximum absolute atomic E-state index is 12.1. The molecule has 1 saturated heterocycles. The number of nitrogens with one attached hydrogen (secondary N) is 2. The molecule has 2 atom stereocenters. The Morgan fingerprint density at radius 2 is 2.11 bits per heavy atom. The van der Waals surface area contributed by atoms with Crippen molar-refractivity contribution in [2.24, 2.45) is 0 Å². The van der Waals surface area contributed by atoms with Gasteiger partial charge in [-0.05, 0) is 32.7 Å². The minimum atomic E-state index is -3.05. The normalized spacial score (nSPS) is 25.3. The zero-order valence-corrected chi connectivity index (χ0v) is 12.8. The first-order valence-electron chi connectivity index (χ1n) is 6.03. The van der Waals surface area contributed by atoms with Crippen molar-refractivity contribution < 1.29 is 13.2 Å². The van der Waals surface area contributed by atoms with E-state index in [4.69, 9.17) is 0 Å². The fourth-order valence-electron chi connectivity index (χ4n) is 2.32. The van der Waals surface area contributed by atoms with Gasteiger partial charge in [0, 0.05) is 12.3 Å². The summed E-state index contributed by atoms with van der Waals surface area (Å²) in [5, 5.41) is 6.02. The van der Waals surface area contributed by atoms with E-state index in [-0.39, 0.29) is 30.1 Å². The van der Waals surface area contributed by atoms with Crippen LogP contribution in [-0.4, -0.2) is 44.5 Å². The molecule has 7 heteroatoms. The molecule has 1 aliphatic heterocycles. The highest BCUT2D eigenvalue weighted by atomic mass is 35.5. The van der Waals surface area contributed by atoms with Crippen molar-refractivity contribution in [3.63, 3.8) is 0 Å². The van der Waals surface area contributed by atoms with Gasteiger partial charge in [-0.15, -0.1) is 12.4 Å². The van der Waals surface area contributed by atoms with Crippen LogP contribution in [0.1, 0.15) is 33.1 Å². The average Bonchev–Trinajstić information content (AvgIpc) is 2.63. The molecule has 0 aromatic heterocycles. The first kappa shape index (κ1) is 17.7. The summed E-state index contributed by atoms with van der Waals surface area (Å²) in [4.78, 5) is 12.1. The Hall–Kier alpha value is -0.330. The van der Waals surface area contributed by atoms with Gasteiger partial charge in [0.05, 0.1) is 11.3 Å². The van der Waals surface area contributed by atoms with Crippen molar-refractivity contribution >= 4 is 28.2 Å². The predicted octanol–water partition coefficient (Wildman–Crippen LogP) is 0.490. The summed E-state index contributed by atoms with van der Waals surface area (Å²) in [5.41, 5.74) is -0.494. The van der Waals surface area contributed by atoms with E-state index in [0.29, 0.717) is 0 Å². The highest BCUT2D eigenvalue weighted by Crippen LogP contribution is 2.23. The van der Waals surface area contributed by atoms with Crippen LogP contribution in [0.2, 0.25) is 0 Å². The quantitative estimate of drug-likeness (QED) is 0.774. The van der Waals surface area contributed by atoms with Crippen LogP contribution >= 0.6 is 12.4 Å². The molecule has 1 fully saturated rings. The molecule has 0 aliphatic carbocycles. The monoisotopic (exact) mass is 298 g/mol. The smallest absolute Gasteiger partial charge is 0.240 e. The third-order valence-electron chi connectivity index (χ3n) is 3.21. The molecule has 2 unspecified atom stereocenters. The molecule has 1 rings (SSSR count). The summed E-state index contributed by atoms with van der Waals surface area (Å²) < 4.78 is 22.3. The SMILES string of the molecule is CCC1(C(=O)NC(C)CS(C)(=O)=O)CCCN1.Cl. The van der Waals surface area contributed by atoms with Crippen LogP contribution in [0.4, 0.5) is 0 Å². The standard InChI is InChI=1S/C11H22N2O3S.ClH/c1-4-11(6-5-7-12-11)10(14)13-9(2)8-17(3,15)16;/h9,12H,4-8H2,1-3H3,(H,13,14);1H. The zero-order valence-electron chi connectivity index (χ0n) is 11.2. The van der Waals surface area contributed by atoms with Gasteiger partial charge < -0.3 is 10.6 Å². The fourth-order valence-corrected chi connectivity index (χ4v) is 3.31. The average molecular weight is 299 g/mol. The van der Waals surface area contributed by atoms with Crippen molar-refractivity contribution in [3.8, 4) is 0 Å². The van der Waals surface area contributed by atoms with Crippen molar-refractivity contribution in [2.45, 2.75) is 44.7 Å². The molecule has 2 N–H and O–H groups in total. The van der Waals surface area contributed by atoms with Gasteiger partial charge in [-0.25, -0.2) is 8.42 Å². The Kier molecular flexibility index (Phi) is 6.60. The first-order valence-corrected chi connectivity index (χ1v) is 8.09. The second-order valence-electron chi connectivity index (χ2n) is 4.93. The summed E-state index contributed by atoms with van der Waals surface area (Å²) in [6, 6.07) is -0.344. The van der Waals surface area contributed by atoms with Crippen LogP contribution in [0.25, 0.3) is 0 Å². The lowest BCUT2D eigenvalue weighted by molar-refractivity contribution is -0.127. The zero-order chi connectivity index (χ0) is 13.1. The molecule has 0 saturated carbocycles. The largest absolute Gasteiger partial charge is 0.351 e. The fraction of sp³-hybridized carbons (Fsp3) is 0.909. The molecular weight excluding hydrogens is 276 g/mol. The number of hydrogen-bond acceptors (Lipinski definition) is 4. The van der Waals surface area contributed by atoms with Gasteiger partial charge in [0.15, 0.2) is 0 Å². The number of amides is 1. The van der Waals surface area contributed by atoms with E-state index in [1.54, 1.807) is 6.92 Å². The summed E-state index contributed by atoms with van der Waals surface area (Å²) in [6.07, 6.45) is 3.71. The van der Waals surface area contributed by atoms with Gasteiger partial charge in [0.1, 0.15) is 9.84 Å². The summed E-state index contributed by atoms with van der Waals surface area (Å²) in [5.74, 6) is -0.0907. The molecule has 0 bridgehead atoms. The number of carbonyl (C=O) groups is 1. The van der Waals surface area contributed by atoms with Crippen molar-refractivity contribution in [1.82, 2.24) is 10.6 Å².